The molecule has 124 valence electrons. The maximum atomic E-state index is 6.10. The van der Waals surface area contributed by atoms with Gasteiger partial charge in [0, 0.05) is 17.2 Å². The molecule has 0 radical (unpaired) electrons. The topological polar surface area (TPSA) is 29.9 Å². The molecule has 4 rings (SSSR count). The van der Waals surface area contributed by atoms with Gasteiger partial charge in [-0.1, -0.05) is 29.8 Å². The van der Waals surface area contributed by atoms with Crippen LogP contribution in [0.25, 0.3) is 33.9 Å². The average Bonchev–Trinajstić information content (AvgIpc) is 3.05. The molecule has 0 saturated carbocycles. The number of benzene rings is 2. The lowest BCUT2D eigenvalue weighted by molar-refractivity contribution is -0.640. The molecule has 4 aromatic rings. The van der Waals surface area contributed by atoms with Crippen molar-refractivity contribution in [2.24, 2.45) is 7.05 Å². The first-order chi connectivity index (χ1) is 12.0. The van der Waals surface area contributed by atoms with Gasteiger partial charge in [-0.25, -0.2) is 4.98 Å². The van der Waals surface area contributed by atoms with E-state index in [1.165, 1.54) is 22.3 Å². The third-order valence-corrected chi connectivity index (χ3v) is 4.81. The van der Waals surface area contributed by atoms with Crippen molar-refractivity contribution in [1.29, 1.82) is 0 Å². The molecule has 0 atom stereocenters. The fourth-order valence-corrected chi connectivity index (χ4v) is 3.33. The van der Waals surface area contributed by atoms with Crippen LogP contribution in [0.15, 0.2) is 59.0 Å². The minimum Gasteiger partial charge on any atom is -0.384 e. The van der Waals surface area contributed by atoms with Crippen LogP contribution >= 0.6 is 0 Å². The number of pyridine rings is 1. The molecule has 2 aromatic heterocycles. The zero-order valence-electron chi connectivity index (χ0n) is 15.0. The third kappa shape index (κ3) is 2.62. The molecule has 0 spiro atoms. The lowest BCUT2D eigenvalue weighted by Gasteiger charge is -2.08. The van der Waals surface area contributed by atoms with Gasteiger partial charge in [0.05, 0.1) is 0 Å². The molecule has 0 bridgehead atoms. The van der Waals surface area contributed by atoms with Crippen molar-refractivity contribution >= 4 is 11.2 Å². The van der Waals surface area contributed by atoms with Gasteiger partial charge < -0.3 is 4.42 Å². The summed E-state index contributed by atoms with van der Waals surface area (Å²) in [7, 11) is 2.04. The molecule has 0 saturated heterocycles. The van der Waals surface area contributed by atoms with Gasteiger partial charge in [-0.3, -0.25) is 0 Å². The number of hydrogen-bond acceptors (Lipinski definition) is 2. The molecular formula is C22H21N2O+. The van der Waals surface area contributed by atoms with Gasteiger partial charge in [-0.05, 0) is 56.2 Å². The van der Waals surface area contributed by atoms with E-state index in [-0.39, 0.29) is 0 Å². The van der Waals surface area contributed by atoms with Gasteiger partial charge in [0.25, 0.3) is 0 Å². The zero-order chi connectivity index (χ0) is 17.6. The van der Waals surface area contributed by atoms with Gasteiger partial charge in [0.1, 0.15) is 7.05 Å². The summed E-state index contributed by atoms with van der Waals surface area (Å²) in [5.41, 5.74) is 8.87. The highest BCUT2D eigenvalue weighted by Gasteiger charge is 2.22. The van der Waals surface area contributed by atoms with Crippen molar-refractivity contribution in [3.8, 4) is 22.7 Å². The SMILES string of the molecule is Cc1cc(C)c(C)c(-c2ccc3nc(-c4ccccc4)oc3[n+]2C)c1. The molecule has 0 fully saturated rings. The van der Waals surface area contributed by atoms with Gasteiger partial charge >= 0.3 is 5.71 Å². The standard InChI is InChI=1S/C22H21N2O/c1-14-12-15(2)16(3)18(13-14)20-11-10-19-22(24(20)4)25-21(23-19)17-8-6-5-7-9-17/h5-13H,1-4H3/q+1. The number of aryl methyl sites for hydroxylation is 3. The zero-order valence-corrected chi connectivity index (χ0v) is 15.0. The maximum Gasteiger partial charge on any atom is 0.401 e. The lowest BCUT2D eigenvalue weighted by atomic mass is 9.97. The van der Waals surface area contributed by atoms with E-state index in [4.69, 9.17) is 4.42 Å². The fourth-order valence-electron chi connectivity index (χ4n) is 3.33. The van der Waals surface area contributed by atoms with Crippen LogP contribution in [0.1, 0.15) is 16.7 Å². The van der Waals surface area contributed by atoms with Crippen molar-refractivity contribution in [1.82, 2.24) is 4.98 Å². The summed E-state index contributed by atoms with van der Waals surface area (Å²) in [6.45, 7) is 6.47. The van der Waals surface area contributed by atoms with Gasteiger partial charge in [-0.15, -0.1) is 0 Å². The normalized spacial score (nSPS) is 11.2. The summed E-state index contributed by atoms with van der Waals surface area (Å²) in [6.07, 6.45) is 0. The van der Waals surface area contributed by atoms with E-state index in [0.29, 0.717) is 5.89 Å². The number of fused-ring (bicyclic) bond motifs is 1. The molecule has 2 aromatic carbocycles. The highest BCUT2D eigenvalue weighted by Crippen LogP contribution is 2.28. The number of oxazole rings is 1. The molecular weight excluding hydrogens is 308 g/mol. The molecule has 3 nitrogen and oxygen atoms in total. The number of rotatable bonds is 2. The van der Waals surface area contributed by atoms with Crippen molar-refractivity contribution in [3.05, 3.63) is 71.3 Å². The van der Waals surface area contributed by atoms with Crippen LogP contribution in [0.3, 0.4) is 0 Å². The quantitative estimate of drug-likeness (QED) is 0.489. The Morgan fingerprint density at radius 2 is 1.68 bits per heavy atom. The van der Waals surface area contributed by atoms with Crippen molar-refractivity contribution in [2.45, 2.75) is 20.8 Å². The van der Waals surface area contributed by atoms with Crippen LogP contribution in [-0.2, 0) is 7.05 Å². The average molecular weight is 329 g/mol. The molecule has 25 heavy (non-hydrogen) atoms. The van der Waals surface area contributed by atoms with Gasteiger partial charge in [-0.2, -0.15) is 4.57 Å². The largest absolute Gasteiger partial charge is 0.401 e. The second-order valence-corrected chi connectivity index (χ2v) is 6.61. The van der Waals surface area contributed by atoms with Crippen molar-refractivity contribution < 1.29 is 8.98 Å². The Hall–Kier alpha value is -2.94. The first-order valence-electron chi connectivity index (χ1n) is 8.48. The maximum absolute atomic E-state index is 6.10. The van der Waals surface area contributed by atoms with E-state index in [1.807, 2.05) is 43.4 Å². The van der Waals surface area contributed by atoms with Crippen molar-refractivity contribution in [2.75, 3.05) is 0 Å². The number of nitrogens with zero attached hydrogens (tertiary/aromatic N) is 2. The number of aromatic nitrogens is 2. The molecule has 0 amide bonds. The van der Waals surface area contributed by atoms with E-state index >= 15 is 0 Å². The van der Waals surface area contributed by atoms with E-state index in [0.717, 1.165) is 22.5 Å². The van der Waals surface area contributed by atoms with E-state index in [2.05, 4.69) is 48.5 Å². The Labute approximate surface area is 147 Å². The molecule has 3 heteroatoms. The van der Waals surface area contributed by atoms with E-state index < -0.39 is 0 Å². The Morgan fingerprint density at radius 3 is 2.44 bits per heavy atom. The summed E-state index contributed by atoms with van der Waals surface area (Å²) in [4.78, 5) is 4.65. The van der Waals surface area contributed by atoms with Crippen LogP contribution in [0, 0.1) is 20.8 Å². The molecule has 0 unspecified atom stereocenters. The van der Waals surface area contributed by atoms with Gasteiger partial charge in [0.2, 0.25) is 11.6 Å². The van der Waals surface area contributed by atoms with E-state index in [1.54, 1.807) is 0 Å². The minimum absolute atomic E-state index is 0.653. The summed E-state index contributed by atoms with van der Waals surface area (Å²) in [6, 6.07) is 18.6. The Bertz CT molecular complexity index is 1080. The summed E-state index contributed by atoms with van der Waals surface area (Å²) >= 11 is 0. The van der Waals surface area contributed by atoms with E-state index in [9.17, 15) is 0 Å². The smallest absolute Gasteiger partial charge is 0.384 e. The first kappa shape index (κ1) is 15.6. The van der Waals surface area contributed by atoms with Crippen LogP contribution in [-0.4, -0.2) is 4.98 Å². The van der Waals surface area contributed by atoms with Crippen LogP contribution < -0.4 is 4.57 Å². The molecule has 0 aliphatic carbocycles. The second kappa shape index (κ2) is 5.85. The highest BCUT2D eigenvalue weighted by atomic mass is 16.4. The molecule has 0 N–H and O–H groups in total. The first-order valence-corrected chi connectivity index (χ1v) is 8.48. The summed E-state index contributed by atoms with van der Waals surface area (Å²) in [5.74, 6) is 0.653. The van der Waals surface area contributed by atoms with Crippen LogP contribution in [0.4, 0.5) is 0 Å². The number of hydrogen-bond donors (Lipinski definition) is 0. The van der Waals surface area contributed by atoms with Crippen LogP contribution in [0.5, 0.6) is 0 Å². The van der Waals surface area contributed by atoms with Crippen molar-refractivity contribution in [3.63, 3.8) is 0 Å². The molecule has 0 aliphatic heterocycles. The third-order valence-electron chi connectivity index (χ3n) is 4.81. The van der Waals surface area contributed by atoms with Crippen LogP contribution in [0.2, 0.25) is 0 Å². The Kier molecular flexibility index (Phi) is 3.65. The summed E-state index contributed by atoms with van der Waals surface area (Å²) < 4.78 is 8.19. The molecule has 2 heterocycles. The highest BCUT2D eigenvalue weighted by molar-refractivity contribution is 5.73. The molecule has 0 aliphatic rings. The fraction of sp³-hybridized carbons (Fsp3) is 0.182. The van der Waals surface area contributed by atoms with Gasteiger partial charge in [0.15, 0.2) is 5.52 Å². The Morgan fingerprint density at radius 1 is 0.920 bits per heavy atom. The monoisotopic (exact) mass is 329 g/mol. The minimum atomic E-state index is 0.653. The summed E-state index contributed by atoms with van der Waals surface area (Å²) in [5, 5.41) is 0. The predicted octanol–water partition coefficient (Wildman–Crippen LogP) is 4.91. The lowest BCUT2D eigenvalue weighted by Crippen LogP contribution is -2.31. The second-order valence-electron chi connectivity index (χ2n) is 6.61. The predicted molar refractivity (Wildman–Crippen MR) is 100 cm³/mol. The Balaban J connectivity index is 1.92.